The van der Waals surface area contributed by atoms with Crippen LogP contribution in [0.15, 0.2) is 28.0 Å². The maximum atomic E-state index is 12.3. The van der Waals surface area contributed by atoms with Crippen molar-refractivity contribution in [3.8, 4) is 11.5 Å². The van der Waals surface area contributed by atoms with Crippen molar-refractivity contribution in [3.05, 3.63) is 38.3 Å². The van der Waals surface area contributed by atoms with Gasteiger partial charge in [-0.2, -0.15) is 0 Å². The predicted octanol–water partition coefficient (Wildman–Crippen LogP) is 2.24. The molecule has 0 fully saturated rings. The van der Waals surface area contributed by atoms with Gasteiger partial charge in [0.05, 0.1) is 31.1 Å². The Hall–Kier alpha value is -2.46. The van der Waals surface area contributed by atoms with Gasteiger partial charge in [0.25, 0.3) is 0 Å². The monoisotopic (exact) mass is 411 g/mol. The summed E-state index contributed by atoms with van der Waals surface area (Å²) in [4.78, 5) is 38.6. The highest BCUT2D eigenvalue weighted by molar-refractivity contribution is 7.99. The summed E-state index contributed by atoms with van der Waals surface area (Å²) in [5.41, 5.74) is -1.05. The highest BCUT2D eigenvalue weighted by Crippen LogP contribution is 2.54. The summed E-state index contributed by atoms with van der Waals surface area (Å²) in [7, 11) is 2.94. The number of nitrogens with one attached hydrogen (secondary N) is 1. The second-order valence-corrected chi connectivity index (χ2v) is 8.08. The minimum absolute atomic E-state index is 0.0211. The number of thioether (sulfide) groups is 1. The molecule has 1 aromatic heterocycles. The average molecular weight is 411 g/mol. The van der Waals surface area contributed by atoms with Crippen molar-refractivity contribution in [3.63, 3.8) is 0 Å². The van der Waals surface area contributed by atoms with Crippen LogP contribution in [0.4, 0.5) is 0 Å². The first-order valence-corrected chi connectivity index (χ1v) is 9.65. The lowest BCUT2D eigenvalue weighted by molar-refractivity contribution is -0.155. The molecule has 3 N–H and O–H groups in total. The molecular weight excluding hydrogens is 394 g/mol. The van der Waals surface area contributed by atoms with Crippen molar-refractivity contribution in [2.24, 2.45) is 5.41 Å². The van der Waals surface area contributed by atoms with Gasteiger partial charge in [0, 0.05) is 16.5 Å². The van der Waals surface area contributed by atoms with Crippen molar-refractivity contribution in [1.29, 1.82) is 0 Å². The van der Waals surface area contributed by atoms with E-state index < -0.39 is 29.7 Å². The third kappa shape index (κ3) is 3.30. The van der Waals surface area contributed by atoms with Crippen LogP contribution in [-0.2, 0) is 9.59 Å². The lowest BCUT2D eigenvalue weighted by atomic mass is 9.70. The number of aromatic amines is 1. The molecule has 0 saturated heterocycles. The van der Waals surface area contributed by atoms with Crippen LogP contribution in [0.2, 0.25) is 0 Å². The Morgan fingerprint density at radius 2 is 1.96 bits per heavy atom. The number of benzene rings is 1. The number of rotatable bonds is 6. The van der Waals surface area contributed by atoms with Gasteiger partial charge in [-0.05, 0) is 17.7 Å². The van der Waals surface area contributed by atoms with Crippen molar-refractivity contribution >= 4 is 35.0 Å². The molecule has 0 spiro atoms. The van der Waals surface area contributed by atoms with E-state index in [4.69, 9.17) is 9.47 Å². The quantitative estimate of drug-likeness (QED) is 0.661. The number of aliphatic carboxylic acids is 2. The molecule has 0 bridgehead atoms. The maximum Gasteiger partial charge on any atom is 0.312 e. The summed E-state index contributed by atoms with van der Waals surface area (Å²) in [5.74, 6) is -2.36. The van der Waals surface area contributed by atoms with Gasteiger partial charge in [-0.3, -0.25) is 14.4 Å². The fraction of sp³-hybridized carbons (Fsp3) is 0.353. The van der Waals surface area contributed by atoms with Gasteiger partial charge in [-0.25, -0.2) is 0 Å². The van der Waals surface area contributed by atoms with Crippen LogP contribution < -0.4 is 14.3 Å². The van der Waals surface area contributed by atoms with Gasteiger partial charge in [0.1, 0.15) is 0 Å². The summed E-state index contributed by atoms with van der Waals surface area (Å²) >= 11 is 2.06. The van der Waals surface area contributed by atoms with Gasteiger partial charge in [-0.15, -0.1) is 11.8 Å². The third-order valence-corrected chi connectivity index (χ3v) is 6.91. The molecule has 10 heteroatoms. The molecule has 1 aliphatic heterocycles. The summed E-state index contributed by atoms with van der Waals surface area (Å²) in [5, 5.41) is 20.0. The summed E-state index contributed by atoms with van der Waals surface area (Å²) < 4.78 is 10.5. The van der Waals surface area contributed by atoms with Gasteiger partial charge < -0.3 is 24.7 Å². The third-order valence-electron chi connectivity index (χ3n) is 4.56. The van der Waals surface area contributed by atoms with Gasteiger partial charge in [0.15, 0.2) is 11.5 Å². The largest absolute Gasteiger partial charge is 0.493 e. The number of fused-ring (bicyclic) bond motifs is 1. The summed E-state index contributed by atoms with van der Waals surface area (Å²) in [6.07, 6.45) is -0.570. The fourth-order valence-electron chi connectivity index (χ4n) is 3.35. The average Bonchev–Trinajstić information content (AvgIpc) is 3.00. The first-order valence-electron chi connectivity index (χ1n) is 7.85. The molecule has 0 saturated carbocycles. The van der Waals surface area contributed by atoms with Crippen molar-refractivity contribution in [2.75, 3.05) is 20.0 Å². The molecule has 3 rings (SSSR count). The Morgan fingerprint density at radius 1 is 1.26 bits per heavy atom. The van der Waals surface area contributed by atoms with E-state index in [-0.39, 0.29) is 10.6 Å². The Labute approximate surface area is 162 Å². The summed E-state index contributed by atoms with van der Waals surface area (Å²) in [6.45, 7) is 0. The van der Waals surface area contributed by atoms with E-state index in [9.17, 15) is 24.6 Å². The van der Waals surface area contributed by atoms with Crippen LogP contribution in [-0.4, -0.2) is 47.1 Å². The van der Waals surface area contributed by atoms with Gasteiger partial charge in [-0.1, -0.05) is 17.4 Å². The number of aromatic nitrogens is 1. The molecular formula is C17H17NO7S2. The van der Waals surface area contributed by atoms with Crippen LogP contribution >= 0.6 is 23.1 Å². The van der Waals surface area contributed by atoms with E-state index in [1.165, 1.54) is 14.2 Å². The lowest BCUT2D eigenvalue weighted by Crippen LogP contribution is -2.44. The number of methoxy groups -OCH3 is 2. The number of H-pyrrole nitrogens is 1. The smallest absolute Gasteiger partial charge is 0.312 e. The second-order valence-electron chi connectivity index (χ2n) is 6.08. The van der Waals surface area contributed by atoms with E-state index in [1.807, 2.05) is 0 Å². The van der Waals surface area contributed by atoms with Crippen molar-refractivity contribution in [1.82, 2.24) is 4.98 Å². The van der Waals surface area contributed by atoms with E-state index in [2.05, 4.69) is 4.98 Å². The fourth-order valence-corrected chi connectivity index (χ4v) is 5.91. The van der Waals surface area contributed by atoms with Crippen LogP contribution in [0.25, 0.3) is 0 Å². The molecule has 0 unspecified atom stereocenters. The van der Waals surface area contributed by atoms with E-state index in [1.54, 1.807) is 18.2 Å². The Balaban J connectivity index is 2.26. The highest BCUT2D eigenvalue weighted by Gasteiger charge is 2.53. The molecule has 1 aliphatic rings. The SMILES string of the molecule is COc1ccc([C@@H]2c3sc(=O)[nH]c3SC[C@]2(CC(=O)O)C(=O)O)cc1OC. The van der Waals surface area contributed by atoms with Crippen LogP contribution in [0.3, 0.4) is 0 Å². The molecule has 2 heterocycles. The standard InChI is InChI=1S/C17H17NO7S2/c1-24-9-4-3-8(5-10(9)25-2)12-13-14(18-16(23)27-13)26-7-17(12,15(21)22)6-11(19)20/h3-5,12H,6-7H2,1-2H3,(H,18,23)(H,19,20)(H,21,22)/t12-,17+/m1/s1. The number of thiazole rings is 1. The summed E-state index contributed by atoms with van der Waals surface area (Å²) in [6, 6.07) is 4.95. The number of hydrogen-bond donors (Lipinski definition) is 3. The predicted molar refractivity (Wildman–Crippen MR) is 99.4 cm³/mol. The Morgan fingerprint density at radius 3 is 2.56 bits per heavy atom. The molecule has 2 atom stereocenters. The van der Waals surface area contributed by atoms with Gasteiger partial charge >= 0.3 is 16.8 Å². The minimum Gasteiger partial charge on any atom is -0.493 e. The zero-order valence-electron chi connectivity index (χ0n) is 14.5. The first kappa shape index (κ1) is 19.3. The van der Waals surface area contributed by atoms with Crippen LogP contribution in [0, 0.1) is 5.41 Å². The van der Waals surface area contributed by atoms with Crippen LogP contribution in [0.5, 0.6) is 11.5 Å². The van der Waals surface area contributed by atoms with E-state index in [0.717, 1.165) is 23.1 Å². The van der Waals surface area contributed by atoms with Crippen molar-refractivity contribution in [2.45, 2.75) is 17.4 Å². The van der Waals surface area contributed by atoms with Crippen molar-refractivity contribution < 1.29 is 29.3 Å². The molecule has 1 aromatic carbocycles. The first-order chi connectivity index (χ1) is 12.8. The topological polar surface area (TPSA) is 126 Å². The maximum absolute atomic E-state index is 12.3. The number of ether oxygens (including phenoxy) is 2. The highest BCUT2D eigenvalue weighted by atomic mass is 32.2. The van der Waals surface area contributed by atoms with E-state index >= 15 is 0 Å². The second kappa shape index (κ2) is 7.28. The number of hydrogen-bond acceptors (Lipinski definition) is 7. The van der Waals surface area contributed by atoms with E-state index in [0.29, 0.717) is 27.0 Å². The number of carboxylic acid groups (broad SMARTS) is 2. The molecule has 2 aromatic rings. The molecule has 0 amide bonds. The zero-order chi connectivity index (χ0) is 19.8. The van der Waals surface area contributed by atoms with Gasteiger partial charge in [0.2, 0.25) is 0 Å². The lowest BCUT2D eigenvalue weighted by Gasteiger charge is -2.39. The number of carbonyl (C=O) groups is 2. The Kier molecular flexibility index (Phi) is 5.20. The Bertz CT molecular complexity index is 951. The minimum atomic E-state index is -1.60. The molecule has 27 heavy (non-hydrogen) atoms. The normalized spacial score (nSPS) is 21.3. The molecule has 0 aliphatic carbocycles. The molecule has 8 nitrogen and oxygen atoms in total. The molecule has 144 valence electrons. The molecule has 0 radical (unpaired) electrons. The van der Waals surface area contributed by atoms with Crippen LogP contribution in [0.1, 0.15) is 22.8 Å². The zero-order valence-corrected chi connectivity index (χ0v) is 16.1. The number of carboxylic acids is 2.